The van der Waals surface area contributed by atoms with E-state index >= 15 is 0 Å². The van der Waals surface area contributed by atoms with Gasteiger partial charge in [-0.25, -0.2) is 0 Å². The van der Waals surface area contributed by atoms with Crippen LogP contribution in [0.5, 0.6) is 0 Å². The van der Waals surface area contributed by atoms with Crippen molar-refractivity contribution in [1.82, 2.24) is 0 Å². The van der Waals surface area contributed by atoms with Crippen molar-refractivity contribution < 1.29 is 4.57 Å². The van der Waals surface area contributed by atoms with E-state index in [2.05, 4.69) is 103 Å². The van der Waals surface area contributed by atoms with Gasteiger partial charge in [0.15, 0.2) is 0 Å². The van der Waals surface area contributed by atoms with Gasteiger partial charge in [0.2, 0.25) is 0 Å². The normalized spacial score (nSPS) is 13.2. The summed E-state index contributed by atoms with van der Waals surface area (Å²) in [6.45, 7) is 2.29. The Kier molecular flexibility index (Phi) is 4.13. The fraction of sp³-hybridized carbons (Fsp3) is 0.179. The summed E-state index contributed by atoms with van der Waals surface area (Å²) in [7, 11) is 2.19. The van der Waals surface area contributed by atoms with Crippen molar-refractivity contribution in [2.45, 2.75) is 34.0 Å². The molecule has 0 aliphatic carbocycles. The molecule has 1 aliphatic heterocycles. The Hall–Kier alpha value is -2.30. The molecule has 6 rings (SSSR count). The number of aromatic nitrogens is 1. The van der Waals surface area contributed by atoms with Gasteiger partial charge in [-0.3, -0.25) is 0 Å². The Morgan fingerprint density at radius 2 is 1.55 bits per heavy atom. The van der Waals surface area contributed by atoms with Crippen LogP contribution < -0.4 is 8.96 Å². The summed E-state index contributed by atoms with van der Waals surface area (Å²) in [5, 5.41) is 8.35. The molecule has 5 aromatic rings. The standard InChI is InChI=1S/C28H26GeNS/c1-17-19-10-7-6-9-18(19)15-24-26(17)28-27-21(13-14-30(28)5)20-11-8-12-23(29(2,3)4)22(20)16-25(27)31-24/h6-16H,1-5H3/q+1. The van der Waals surface area contributed by atoms with Crippen LogP contribution in [0.25, 0.3) is 43.6 Å². The van der Waals surface area contributed by atoms with Gasteiger partial charge in [0.25, 0.3) is 0 Å². The second-order valence-electron chi connectivity index (χ2n) is 9.79. The molecule has 1 nitrogen and oxygen atoms in total. The first-order valence-electron chi connectivity index (χ1n) is 10.9. The van der Waals surface area contributed by atoms with Gasteiger partial charge < -0.3 is 0 Å². The molecule has 0 saturated heterocycles. The molecular formula is C28H26GeNS+. The second-order valence-corrected chi connectivity index (χ2v) is 21.4. The Bertz CT molecular complexity index is 1560. The third kappa shape index (κ3) is 2.74. The van der Waals surface area contributed by atoms with Gasteiger partial charge in [0.05, 0.1) is 0 Å². The first-order valence-corrected chi connectivity index (χ1v) is 19.1. The average Bonchev–Trinajstić information content (AvgIpc) is 2.74. The van der Waals surface area contributed by atoms with Gasteiger partial charge in [-0.05, 0) is 0 Å². The van der Waals surface area contributed by atoms with Crippen LogP contribution in [0.15, 0.2) is 76.7 Å². The zero-order valence-electron chi connectivity index (χ0n) is 18.7. The topological polar surface area (TPSA) is 3.88 Å². The molecule has 1 aromatic heterocycles. The summed E-state index contributed by atoms with van der Waals surface area (Å²) in [4.78, 5) is 2.77. The van der Waals surface area contributed by atoms with Crippen molar-refractivity contribution in [2.24, 2.45) is 7.05 Å². The molecule has 0 saturated carbocycles. The summed E-state index contributed by atoms with van der Waals surface area (Å²) in [5.41, 5.74) is 4.13. The van der Waals surface area contributed by atoms with E-state index in [0.717, 1.165) is 0 Å². The molecule has 0 N–H and O–H groups in total. The van der Waals surface area contributed by atoms with Crippen molar-refractivity contribution in [1.29, 1.82) is 0 Å². The number of benzene rings is 4. The quantitative estimate of drug-likeness (QED) is 0.140. The maximum absolute atomic E-state index is 2.50. The number of hydrogen-bond acceptors (Lipinski definition) is 1. The third-order valence-electron chi connectivity index (χ3n) is 6.78. The van der Waals surface area contributed by atoms with Crippen molar-refractivity contribution in [3.05, 3.63) is 72.4 Å². The zero-order valence-corrected chi connectivity index (χ0v) is 21.6. The summed E-state index contributed by atoms with van der Waals surface area (Å²) in [6, 6.07) is 23.0. The predicted molar refractivity (Wildman–Crippen MR) is 137 cm³/mol. The van der Waals surface area contributed by atoms with Gasteiger partial charge in [-0.2, -0.15) is 0 Å². The minimum atomic E-state index is -2.01. The molecule has 3 heteroatoms. The number of fused-ring (bicyclic) bond motifs is 5. The van der Waals surface area contributed by atoms with E-state index in [1.165, 1.54) is 58.9 Å². The summed E-state index contributed by atoms with van der Waals surface area (Å²) >= 11 is -0.0510. The molecule has 0 atom stereocenters. The molecule has 2 heterocycles. The molecule has 0 bridgehead atoms. The van der Waals surface area contributed by atoms with Gasteiger partial charge >= 0.3 is 191 Å². The number of hydrogen-bond donors (Lipinski definition) is 0. The Labute approximate surface area is 190 Å². The first-order chi connectivity index (χ1) is 14.8. The fourth-order valence-electron chi connectivity index (χ4n) is 5.31. The number of pyridine rings is 1. The molecule has 0 amide bonds. The van der Waals surface area contributed by atoms with E-state index < -0.39 is 13.3 Å². The van der Waals surface area contributed by atoms with Crippen LogP contribution in [-0.2, 0) is 7.05 Å². The van der Waals surface area contributed by atoms with Gasteiger partial charge in [-0.15, -0.1) is 0 Å². The van der Waals surface area contributed by atoms with E-state index in [4.69, 9.17) is 0 Å². The van der Waals surface area contributed by atoms with Crippen LogP contribution in [0.4, 0.5) is 0 Å². The molecule has 0 spiro atoms. The molecule has 4 aromatic carbocycles. The van der Waals surface area contributed by atoms with Gasteiger partial charge in [0, 0.05) is 0 Å². The van der Waals surface area contributed by atoms with E-state index in [9.17, 15) is 0 Å². The van der Waals surface area contributed by atoms with Crippen molar-refractivity contribution >= 4 is 61.7 Å². The average molecular weight is 481 g/mol. The predicted octanol–water partition coefficient (Wildman–Crippen LogP) is 6.96. The number of aryl methyl sites for hydroxylation is 2. The van der Waals surface area contributed by atoms with Gasteiger partial charge in [0.1, 0.15) is 0 Å². The van der Waals surface area contributed by atoms with Gasteiger partial charge in [-0.1, -0.05) is 0 Å². The maximum atomic E-state index is 2.50. The van der Waals surface area contributed by atoms with Crippen LogP contribution >= 0.6 is 11.8 Å². The van der Waals surface area contributed by atoms with E-state index in [1.54, 1.807) is 4.40 Å². The van der Waals surface area contributed by atoms with E-state index in [-0.39, 0.29) is 0 Å². The molecule has 1 aliphatic rings. The Balaban J connectivity index is 1.81. The Morgan fingerprint density at radius 3 is 2.35 bits per heavy atom. The van der Waals surface area contributed by atoms with Crippen LogP contribution in [0.3, 0.4) is 0 Å². The summed E-state index contributed by atoms with van der Waals surface area (Å²) in [6.07, 6.45) is 2.25. The first kappa shape index (κ1) is 19.4. The Morgan fingerprint density at radius 1 is 0.774 bits per heavy atom. The van der Waals surface area contributed by atoms with Crippen LogP contribution in [0, 0.1) is 6.92 Å². The summed E-state index contributed by atoms with van der Waals surface area (Å²) < 4.78 is 3.93. The van der Waals surface area contributed by atoms with E-state index in [1.807, 2.05) is 11.8 Å². The number of rotatable bonds is 1. The monoisotopic (exact) mass is 482 g/mol. The SMILES string of the molecule is Cc1c2c(cc3ccccc13)Sc1cc3[c]([Ge]([CH3])([CH3])[CH3])cccc3c3cc[n+](C)c-2c13. The number of nitrogens with zero attached hydrogens (tertiary/aromatic N) is 1. The van der Waals surface area contributed by atoms with Crippen molar-refractivity contribution in [3.63, 3.8) is 0 Å². The molecule has 0 radical (unpaired) electrons. The molecule has 31 heavy (non-hydrogen) atoms. The van der Waals surface area contributed by atoms with Crippen LogP contribution in [0.2, 0.25) is 17.3 Å². The van der Waals surface area contributed by atoms with Crippen molar-refractivity contribution in [3.8, 4) is 11.3 Å². The van der Waals surface area contributed by atoms with Crippen LogP contribution in [0.1, 0.15) is 5.56 Å². The third-order valence-corrected chi connectivity index (χ3v) is 12.2. The van der Waals surface area contributed by atoms with Crippen molar-refractivity contribution in [2.75, 3.05) is 0 Å². The minimum absolute atomic E-state index is 1.33. The van der Waals surface area contributed by atoms with E-state index in [0.29, 0.717) is 0 Å². The molecular weight excluding hydrogens is 455 g/mol. The zero-order chi connectivity index (χ0) is 21.5. The second kappa shape index (κ2) is 6.60. The summed E-state index contributed by atoms with van der Waals surface area (Å²) in [5.74, 6) is 7.50. The molecule has 152 valence electrons. The molecule has 0 unspecified atom stereocenters. The van der Waals surface area contributed by atoms with Crippen LogP contribution in [-0.4, -0.2) is 13.3 Å². The fourth-order valence-corrected chi connectivity index (χ4v) is 9.95. The molecule has 0 fully saturated rings.